The van der Waals surface area contributed by atoms with Crippen molar-refractivity contribution in [3.8, 4) is 11.3 Å². The van der Waals surface area contributed by atoms with Crippen LogP contribution in [0.5, 0.6) is 0 Å². The van der Waals surface area contributed by atoms with E-state index in [9.17, 15) is 4.79 Å². The van der Waals surface area contributed by atoms with Crippen LogP contribution in [-0.2, 0) is 0 Å². The number of rotatable bonds is 2. The smallest absolute Gasteiger partial charge is 0.272 e. The average molecular weight is 285 g/mol. The number of benzene rings is 1. The largest absolute Gasteiger partial charge is 0.332 e. The summed E-state index contributed by atoms with van der Waals surface area (Å²) in [5.74, 6) is 1.17. The van der Waals surface area contributed by atoms with Gasteiger partial charge in [-0.3, -0.25) is 9.89 Å². The van der Waals surface area contributed by atoms with Crippen LogP contribution in [0, 0.1) is 0 Å². The Kier molecular flexibility index (Phi) is 2.80. The van der Waals surface area contributed by atoms with Crippen molar-refractivity contribution in [3.05, 3.63) is 42.1 Å². The fourth-order valence-corrected chi connectivity index (χ4v) is 4.43. The van der Waals surface area contributed by atoms with E-state index in [-0.39, 0.29) is 5.91 Å². The molecule has 0 radical (unpaired) electrons. The molecule has 1 aromatic carbocycles. The lowest BCUT2D eigenvalue weighted by molar-refractivity contribution is 0.0741. The van der Waals surface area contributed by atoms with Gasteiger partial charge < -0.3 is 4.90 Å². The van der Waals surface area contributed by atoms with E-state index in [4.69, 9.17) is 0 Å². The third-order valence-electron chi connectivity index (χ3n) is 4.04. The quantitative estimate of drug-likeness (QED) is 0.922. The first kappa shape index (κ1) is 12.0. The number of carbonyl (C=O) groups excluding carboxylic acids is 1. The second kappa shape index (κ2) is 4.66. The van der Waals surface area contributed by atoms with Crippen molar-refractivity contribution in [2.45, 2.75) is 17.7 Å². The summed E-state index contributed by atoms with van der Waals surface area (Å²) in [5, 5.41) is 7.79. The lowest BCUT2D eigenvalue weighted by atomic mass is 10.1. The van der Waals surface area contributed by atoms with E-state index < -0.39 is 0 Å². The molecule has 2 atom stereocenters. The van der Waals surface area contributed by atoms with Gasteiger partial charge in [0.15, 0.2) is 0 Å². The zero-order chi connectivity index (χ0) is 13.5. The Hall–Kier alpha value is -1.75. The van der Waals surface area contributed by atoms with Gasteiger partial charge in [-0.25, -0.2) is 0 Å². The Morgan fingerprint density at radius 1 is 1.35 bits per heavy atom. The van der Waals surface area contributed by atoms with E-state index in [2.05, 4.69) is 10.2 Å². The zero-order valence-corrected chi connectivity index (χ0v) is 11.8. The van der Waals surface area contributed by atoms with Gasteiger partial charge in [-0.1, -0.05) is 30.3 Å². The van der Waals surface area contributed by atoms with Gasteiger partial charge in [0.2, 0.25) is 0 Å². The van der Waals surface area contributed by atoms with Gasteiger partial charge in [-0.2, -0.15) is 16.9 Å². The third-order valence-corrected chi connectivity index (χ3v) is 5.43. The number of fused-ring (bicyclic) bond motifs is 2. The molecule has 1 aromatic heterocycles. The molecule has 0 aliphatic carbocycles. The van der Waals surface area contributed by atoms with E-state index in [1.165, 1.54) is 0 Å². The normalized spacial score (nSPS) is 24.3. The number of H-pyrrole nitrogens is 1. The molecule has 1 N–H and O–H groups in total. The Morgan fingerprint density at radius 2 is 2.20 bits per heavy atom. The molecule has 4 rings (SSSR count). The summed E-state index contributed by atoms with van der Waals surface area (Å²) >= 11 is 1.99. The second-order valence-electron chi connectivity index (χ2n) is 5.34. The van der Waals surface area contributed by atoms with Crippen molar-refractivity contribution in [3.63, 3.8) is 0 Å². The van der Waals surface area contributed by atoms with Crippen LogP contribution in [0.25, 0.3) is 11.3 Å². The Balaban J connectivity index is 1.58. The van der Waals surface area contributed by atoms with Crippen molar-refractivity contribution in [2.24, 2.45) is 0 Å². The molecule has 2 aromatic rings. The summed E-state index contributed by atoms with van der Waals surface area (Å²) in [4.78, 5) is 14.5. The van der Waals surface area contributed by atoms with Gasteiger partial charge in [-0.05, 0) is 12.5 Å². The molecular weight excluding hydrogens is 270 g/mol. The maximum atomic E-state index is 12.5. The molecule has 0 saturated carbocycles. The van der Waals surface area contributed by atoms with Crippen molar-refractivity contribution in [1.82, 2.24) is 15.1 Å². The lowest BCUT2D eigenvalue weighted by Gasteiger charge is -2.25. The Bertz CT molecular complexity index is 640. The molecular formula is C15H15N3OS. The number of thioether (sulfide) groups is 1. The van der Waals surface area contributed by atoms with Crippen LogP contribution in [0.1, 0.15) is 16.9 Å². The van der Waals surface area contributed by atoms with Crippen LogP contribution in [-0.4, -0.2) is 44.6 Å². The third kappa shape index (κ3) is 1.93. The van der Waals surface area contributed by atoms with Crippen LogP contribution in [0.2, 0.25) is 0 Å². The molecule has 2 aliphatic heterocycles. The number of amides is 1. The average Bonchev–Trinajstić information content (AvgIpc) is 3.23. The second-order valence-corrected chi connectivity index (χ2v) is 6.67. The molecule has 2 fully saturated rings. The summed E-state index contributed by atoms with van der Waals surface area (Å²) in [7, 11) is 0. The fraction of sp³-hybridized carbons (Fsp3) is 0.333. The molecule has 4 nitrogen and oxygen atoms in total. The minimum Gasteiger partial charge on any atom is -0.332 e. The van der Waals surface area contributed by atoms with Gasteiger partial charge in [0.1, 0.15) is 5.69 Å². The Morgan fingerprint density at radius 3 is 2.90 bits per heavy atom. The van der Waals surface area contributed by atoms with Crippen LogP contribution >= 0.6 is 11.8 Å². The summed E-state index contributed by atoms with van der Waals surface area (Å²) in [6.07, 6.45) is 1.15. The van der Waals surface area contributed by atoms with E-state index in [0.717, 1.165) is 30.0 Å². The van der Waals surface area contributed by atoms with Crippen molar-refractivity contribution in [2.75, 3.05) is 12.3 Å². The summed E-state index contributed by atoms with van der Waals surface area (Å²) < 4.78 is 0. The Labute approximate surface area is 121 Å². The van der Waals surface area contributed by atoms with Gasteiger partial charge in [0.05, 0.1) is 5.69 Å². The molecule has 1 amide bonds. The van der Waals surface area contributed by atoms with E-state index in [1.807, 2.05) is 53.1 Å². The predicted octanol–water partition coefficient (Wildman–Crippen LogP) is 2.41. The SMILES string of the molecule is O=C(c1cc(-c2ccccc2)n[nH]1)N1CC2CC1CS2. The number of carbonyl (C=O) groups is 1. The maximum absolute atomic E-state index is 12.5. The minimum absolute atomic E-state index is 0.0903. The predicted molar refractivity (Wildman–Crippen MR) is 79.7 cm³/mol. The topological polar surface area (TPSA) is 49.0 Å². The van der Waals surface area contributed by atoms with E-state index in [1.54, 1.807) is 0 Å². The molecule has 2 aliphatic rings. The lowest BCUT2D eigenvalue weighted by Crippen LogP contribution is -2.39. The molecule has 2 bridgehead atoms. The molecule has 2 unspecified atom stereocenters. The van der Waals surface area contributed by atoms with Gasteiger partial charge >= 0.3 is 0 Å². The highest BCUT2D eigenvalue weighted by molar-refractivity contribution is 8.00. The number of aromatic nitrogens is 2. The highest BCUT2D eigenvalue weighted by atomic mass is 32.2. The first-order valence-electron chi connectivity index (χ1n) is 6.84. The number of likely N-dealkylation sites (tertiary alicyclic amines) is 1. The first-order valence-corrected chi connectivity index (χ1v) is 7.89. The molecule has 5 heteroatoms. The maximum Gasteiger partial charge on any atom is 0.272 e. The number of hydrogen-bond donors (Lipinski definition) is 1. The monoisotopic (exact) mass is 285 g/mol. The zero-order valence-electron chi connectivity index (χ0n) is 11.0. The number of nitrogens with one attached hydrogen (secondary N) is 1. The van der Waals surface area contributed by atoms with Crippen molar-refractivity contribution < 1.29 is 4.79 Å². The van der Waals surface area contributed by atoms with Crippen LogP contribution in [0.3, 0.4) is 0 Å². The first-order chi connectivity index (χ1) is 9.81. The molecule has 3 heterocycles. The molecule has 102 valence electrons. The molecule has 0 spiro atoms. The van der Waals surface area contributed by atoms with Crippen LogP contribution in [0.15, 0.2) is 36.4 Å². The highest BCUT2D eigenvalue weighted by Crippen LogP contribution is 2.38. The fourth-order valence-electron chi connectivity index (χ4n) is 2.99. The summed E-state index contributed by atoms with van der Waals surface area (Å²) in [6, 6.07) is 12.2. The van der Waals surface area contributed by atoms with Gasteiger partial charge in [0.25, 0.3) is 5.91 Å². The molecule has 20 heavy (non-hydrogen) atoms. The number of nitrogens with zero attached hydrogens (tertiary/aromatic N) is 2. The highest BCUT2D eigenvalue weighted by Gasteiger charge is 2.41. The van der Waals surface area contributed by atoms with Crippen LogP contribution in [0.4, 0.5) is 0 Å². The van der Waals surface area contributed by atoms with Gasteiger partial charge in [0, 0.05) is 29.2 Å². The summed E-state index contributed by atoms with van der Waals surface area (Å²) in [6.45, 7) is 0.883. The molecule has 2 saturated heterocycles. The van der Waals surface area contributed by atoms with E-state index in [0.29, 0.717) is 17.0 Å². The van der Waals surface area contributed by atoms with Crippen LogP contribution < -0.4 is 0 Å². The minimum atomic E-state index is 0.0903. The van der Waals surface area contributed by atoms with Crippen molar-refractivity contribution >= 4 is 17.7 Å². The van der Waals surface area contributed by atoms with Gasteiger partial charge in [-0.15, -0.1) is 0 Å². The standard InChI is InChI=1S/C15H15N3OS/c19-15(18-8-12-6-11(18)9-20-12)14-7-13(16-17-14)10-4-2-1-3-5-10/h1-5,7,11-12H,6,8-9H2,(H,16,17). The van der Waals surface area contributed by atoms with E-state index >= 15 is 0 Å². The number of aromatic amines is 1. The number of hydrogen-bond acceptors (Lipinski definition) is 3. The summed E-state index contributed by atoms with van der Waals surface area (Å²) in [5.41, 5.74) is 2.45. The van der Waals surface area contributed by atoms with Crippen molar-refractivity contribution in [1.29, 1.82) is 0 Å².